The van der Waals surface area contributed by atoms with Gasteiger partial charge in [0.25, 0.3) is 5.91 Å². The minimum absolute atomic E-state index is 0.252. The van der Waals surface area contributed by atoms with Crippen molar-refractivity contribution in [2.75, 3.05) is 4.90 Å². The van der Waals surface area contributed by atoms with Gasteiger partial charge in [-0.15, -0.1) is 5.10 Å². The summed E-state index contributed by atoms with van der Waals surface area (Å²) in [5, 5.41) is 8.20. The van der Waals surface area contributed by atoms with Crippen molar-refractivity contribution in [3.63, 3.8) is 0 Å². The molecule has 0 aliphatic carbocycles. The van der Waals surface area contributed by atoms with Crippen LogP contribution in [0.1, 0.15) is 58.5 Å². The van der Waals surface area contributed by atoms with E-state index in [0.717, 1.165) is 16.7 Å². The molecule has 1 aromatic heterocycles. The van der Waals surface area contributed by atoms with Crippen molar-refractivity contribution in [2.45, 2.75) is 39.7 Å². The van der Waals surface area contributed by atoms with Crippen LogP contribution >= 0.6 is 0 Å². The van der Waals surface area contributed by atoms with E-state index in [9.17, 15) is 14.4 Å². The summed E-state index contributed by atoms with van der Waals surface area (Å²) in [6.45, 7) is 7.86. The number of aryl methyl sites for hydroxylation is 2. The zero-order valence-corrected chi connectivity index (χ0v) is 18.6. The molecule has 1 aliphatic rings. The summed E-state index contributed by atoms with van der Waals surface area (Å²) in [5.74, 6) is -2.48. The van der Waals surface area contributed by atoms with Crippen LogP contribution in [0.3, 0.4) is 0 Å². The van der Waals surface area contributed by atoms with Crippen molar-refractivity contribution in [1.29, 1.82) is 0 Å². The van der Waals surface area contributed by atoms with Gasteiger partial charge in [-0.25, -0.2) is 0 Å². The lowest BCUT2D eigenvalue weighted by Crippen LogP contribution is -2.31. The van der Waals surface area contributed by atoms with Crippen LogP contribution in [0.4, 0.5) is 5.82 Å². The van der Waals surface area contributed by atoms with Crippen molar-refractivity contribution in [3.05, 3.63) is 88.6 Å². The van der Waals surface area contributed by atoms with Gasteiger partial charge in [0.15, 0.2) is 11.6 Å². The molecule has 1 amide bonds. The molecule has 1 saturated heterocycles. The van der Waals surface area contributed by atoms with Crippen molar-refractivity contribution in [2.24, 2.45) is 5.92 Å². The van der Waals surface area contributed by atoms with Crippen molar-refractivity contribution < 1.29 is 14.4 Å². The Morgan fingerprint density at radius 2 is 1.66 bits per heavy atom. The number of benzene rings is 2. The van der Waals surface area contributed by atoms with Crippen LogP contribution in [-0.4, -0.2) is 27.7 Å². The second-order valence-corrected chi connectivity index (χ2v) is 8.55. The Labute approximate surface area is 187 Å². The highest BCUT2D eigenvalue weighted by molar-refractivity contribution is 6.48. The second kappa shape index (κ2) is 8.46. The van der Waals surface area contributed by atoms with E-state index >= 15 is 0 Å². The van der Waals surface area contributed by atoms with Crippen molar-refractivity contribution >= 4 is 23.3 Å². The monoisotopic (exact) mass is 427 g/mol. The number of anilines is 1. The van der Waals surface area contributed by atoms with Gasteiger partial charge in [0.05, 0.1) is 11.7 Å². The molecule has 2 heterocycles. The van der Waals surface area contributed by atoms with E-state index in [1.165, 1.54) is 4.90 Å². The molecule has 0 bridgehead atoms. The van der Waals surface area contributed by atoms with Crippen LogP contribution in [-0.2, 0) is 9.59 Å². The third-order valence-corrected chi connectivity index (χ3v) is 5.87. The second-order valence-electron chi connectivity index (χ2n) is 8.55. The smallest absolute Gasteiger partial charge is 0.293 e. The largest absolute Gasteiger partial charge is 0.297 e. The number of amides is 1. The van der Waals surface area contributed by atoms with Crippen LogP contribution in [0.2, 0.25) is 0 Å². The van der Waals surface area contributed by atoms with E-state index in [0.29, 0.717) is 11.3 Å². The number of hydrogen-bond acceptors (Lipinski definition) is 5. The third kappa shape index (κ3) is 3.84. The van der Waals surface area contributed by atoms with Crippen LogP contribution < -0.4 is 4.90 Å². The molecule has 1 fully saturated rings. The Morgan fingerprint density at radius 3 is 2.28 bits per heavy atom. The maximum Gasteiger partial charge on any atom is 0.297 e. The summed E-state index contributed by atoms with van der Waals surface area (Å²) in [4.78, 5) is 41.2. The Balaban J connectivity index is 1.87. The summed E-state index contributed by atoms with van der Waals surface area (Å²) in [6, 6.07) is 17.4. The highest BCUT2D eigenvalue weighted by atomic mass is 16.2. The van der Waals surface area contributed by atoms with Crippen LogP contribution in [0, 0.1) is 19.8 Å². The van der Waals surface area contributed by atoms with Crippen LogP contribution in [0.5, 0.6) is 0 Å². The molecular formula is C26H25N3O3. The molecule has 0 saturated carbocycles. The standard InChI is InChI=1S/C26H25N3O3/c1-15(2)19-6-5-7-20(14-19)23-22(24(30)18-11-8-16(3)9-12-18)25(31)26(32)29(23)21-13-10-17(4)27-28-21/h5-15,22-23H,1-4H3. The summed E-state index contributed by atoms with van der Waals surface area (Å²) < 4.78 is 0. The highest BCUT2D eigenvalue weighted by Gasteiger charge is 2.52. The maximum absolute atomic E-state index is 13.5. The number of hydrogen-bond donors (Lipinski definition) is 0. The predicted octanol–water partition coefficient (Wildman–Crippen LogP) is 4.37. The molecule has 3 aromatic rings. The molecule has 6 nitrogen and oxygen atoms in total. The lowest BCUT2D eigenvalue weighted by atomic mass is 9.85. The molecule has 32 heavy (non-hydrogen) atoms. The number of aromatic nitrogens is 2. The molecule has 2 atom stereocenters. The Morgan fingerprint density at radius 1 is 0.938 bits per heavy atom. The number of carbonyl (C=O) groups is 3. The molecule has 162 valence electrons. The molecule has 0 spiro atoms. The van der Waals surface area contributed by atoms with Gasteiger partial charge in [-0.1, -0.05) is 67.9 Å². The number of ketones is 2. The molecule has 4 rings (SSSR count). The van der Waals surface area contributed by atoms with Gasteiger partial charge in [0, 0.05) is 5.56 Å². The molecule has 2 unspecified atom stereocenters. The normalized spacial score (nSPS) is 18.5. The highest BCUT2D eigenvalue weighted by Crippen LogP contribution is 2.41. The van der Waals surface area contributed by atoms with E-state index in [-0.39, 0.29) is 17.5 Å². The minimum atomic E-state index is -1.16. The van der Waals surface area contributed by atoms with E-state index in [4.69, 9.17) is 0 Å². The first-order valence-electron chi connectivity index (χ1n) is 10.7. The fourth-order valence-corrected chi connectivity index (χ4v) is 4.04. The minimum Gasteiger partial charge on any atom is -0.293 e. The van der Waals surface area contributed by atoms with Crippen LogP contribution in [0.15, 0.2) is 60.7 Å². The average Bonchev–Trinajstić information content (AvgIpc) is 3.05. The number of carbonyl (C=O) groups excluding carboxylic acids is 3. The molecule has 2 aromatic carbocycles. The fourth-order valence-electron chi connectivity index (χ4n) is 4.04. The first-order chi connectivity index (χ1) is 15.3. The summed E-state index contributed by atoms with van der Waals surface area (Å²) >= 11 is 0. The maximum atomic E-state index is 13.5. The average molecular weight is 428 g/mol. The number of Topliss-reactive ketones (excluding diaryl/α,β-unsaturated/α-hetero) is 2. The van der Waals surface area contributed by atoms with Gasteiger partial charge >= 0.3 is 0 Å². The van der Waals surface area contributed by atoms with E-state index in [2.05, 4.69) is 24.0 Å². The van der Waals surface area contributed by atoms with Gasteiger partial charge in [0.1, 0.15) is 5.92 Å². The number of nitrogens with zero attached hydrogens (tertiary/aromatic N) is 3. The number of rotatable bonds is 5. The zero-order chi connectivity index (χ0) is 23.0. The summed E-state index contributed by atoms with van der Waals surface area (Å²) in [6.07, 6.45) is 0. The molecule has 0 N–H and O–H groups in total. The van der Waals surface area contributed by atoms with Gasteiger partial charge in [-0.3, -0.25) is 19.3 Å². The summed E-state index contributed by atoms with van der Waals surface area (Å²) in [5.41, 5.74) is 3.89. The van der Waals surface area contributed by atoms with Crippen molar-refractivity contribution in [3.8, 4) is 0 Å². The first kappa shape index (κ1) is 21.6. The molecule has 0 radical (unpaired) electrons. The summed E-state index contributed by atoms with van der Waals surface area (Å²) in [7, 11) is 0. The van der Waals surface area contributed by atoms with E-state index < -0.39 is 23.7 Å². The Kier molecular flexibility index (Phi) is 5.70. The molecular weight excluding hydrogens is 402 g/mol. The van der Waals surface area contributed by atoms with E-state index in [1.54, 1.807) is 31.2 Å². The molecule has 6 heteroatoms. The fraction of sp³-hybridized carbons (Fsp3) is 0.269. The lowest BCUT2D eigenvalue weighted by Gasteiger charge is -2.26. The van der Waals surface area contributed by atoms with Crippen LogP contribution in [0.25, 0.3) is 0 Å². The third-order valence-electron chi connectivity index (χ3n) is 5.87. The van der Waals surface area contributed by atoms with Crippen molar-refractivity contribution in [1.82, 2.24) is 10.2 Å². The predicted molar refractivity (Wildman–Crippen MR) is 122 cm³/mol. The SMILES string of the molecule is Cc1ccc(C(=O)C2C(=O)C(=O)N(c3ccc(C)nn3)C2c2cccc(C(C)C)c2)cc1. The quantitative estimate of drug-likeness (QED) is 0.343. The Bertz CT molecular complexity index is 1180. The van der Waals surface area contributed by atoms with Gasteiger partial charge in [0.2, 0.25) is 5.78 Å². The topological polar surface area (TPSA) is 80.2 Å². The van der Waals surface area contributed by atoms with Gasteiger partial charge < -0.3 is 0 Å². The van der Waals surface area contributed by atoms with Gasteiger partial charge in [-0.05, 0) is 43.0 Å². The van der Waals surface area contributed by atoms with E-state index in [1.807, 2.05) is 43.3 Å². The zero-order valence-electron chi connectivity index (χ0n) is 18.6. The first-order valence-corrected chi connectivity index (χ1v) is 10.7. The Hall–Kier alpha value is -3.67. The lowest BCUT2D eigenvalue weighted by molar-refractivity contribution is -0.135. The molecule has 1 aliphatic heterocycles. The van der Waals surface area contributed by atoms with Gasteiger partial charge in [-0.2, -0.15) is 5.10 Å².